The quantitative estimate of drug-likeness (QED) is 0.929. The van der Waals surface area contributed by atoms with E-state index < -0.39 is 6.10 Å². The lowest BCUT2D eigenvalue weighted by atomic mass is 10.1. The number of aliphatic hydroxyl groups excluding tert-OH is 1. The van der Waals surface area contributed by atoms with Crippen molar-refractivity contribution < 1.29 is 14.3 Å². The minimum atomic E-state index is -0.419. The van der Waals surface area contributed by atoms with Gasteiger partial charge in [0.2, 0.25) is 0 Å². The summed E-state index contributed by atoms with van der Waals surface area (Å²) in [6.45, 7) is 4.09. The smallest absolute Gasteiger partial charge is 0.289 e. The summed E-state index contributed by atoms with van der Waals surface area (Å²) in [5, 5.41) is 10.2. The van der Waals surface area contributed by atoms with Crippen molar-refractivity contribution in [1.82, 2.24) is 4.90 Å². The summed E-state index contributed by atoms with van der Waals surface area (Å²) in [4.78, 5) is 13.9. The molecule has 2 rings (SSSR count). The largest absolute Gasteiger partial charge is 0.451 e. The normalized spacial score (nSPS) is 12.7. The van der Waals surface area contributed by atoms with Gasteiger partial charge in [0.15, 0.2) is 5.76 Å². The molecule has 108 valence electrons. The first kappa shape index (κ1) is 15.1. The Hall–Kier alpha value is -1.33. The van der Waals surface area contributed by atoms with Gasteiger partial charge >= 0.3 is 0 Å². The molecule has 1 atom stereocenters. The van der Waals surface area contributed by atoms with Gasteiger partial charge in [-0.3, -0.25) is 4.79 Å². The number of aryl methyl sites for hydroxylation is 1. The Kier molecular flexibility index (Phi) is 4.50. The molecule has 0 spiro atoms. The standard InChI is InChI=1S/C15H18BrNO3/c1-9(18)6-7-17(3)15(19)14-10(2)12-8-11(16)4-5-13(12)20-14/h4-5,8-9,18H,6-7H2,1-3H3. The topological polar surface area (TPSA) is 53.7 Å². The average molecular weight is 340 g/mol. The Bertz CT molecular complexity index is 633. The van der Waals surface area contributed by atoms with E-state index in [4.69, 9.17) is 4.42 Å². The predicted octanol–water partition coefficient (Wildman–Crippen LogP) is 3.35. The van der Waals surface area contributed by atoms with Crippen LogP contribution in [0.1, 0.15) is 29.5 Å². The second kappa shape index (κ2) is 5.97. The van der Waals surface area contributed by atoms with Crippen molar-refractivity contribution in [2.24, 2.45) is 0 Å². The number of hydrogen-bond donors (Lipinski definition) is 1. The third-order valence-corrected chi connectivity index (χ3v) is 3.81. The fraction of sp³-hybridized carbons (Fsp3) is 0.400. The van der Waals surface area contributed by atoms with Gasteiger partial charge in [0.05, 0.1) is 6.10 Å². The second-order valence-corrected chi connectivity index (χ2v) is 5.98. The highest BCUT2D eigenvalue weighted by Crippen LogP contribution is 2.28. The molecular weight excluding hydrogens is 322 g/mol. The van der Waals surface area contributed by atoms with E-state index in [1.165, 1.54) is 0 Å². The van der Waals surface area contributed by atoms with E-state index in [1.54, 1.807) is 18.9 Å². The zero-order chi connectivity index (χ0) is 14.9. The number of rotatable bonds is 4. The molecule has 0 bridgehead atoms. The Labute approximate surface area is 126 Å². The summed E-state index contributed by atoms with van der Waals surface area (Å²) in [5.74, 6) is 0.210. The van der Waals surface area contributed by atoms with E-state index in [-0.39, 0.29) is 5.91 Å². The summed E-state index contributed by atoms with van der Waals surface area (Å²) >= 11 is 3.42. The summed E-state index contributed by atoms with van der Waals surface area (Å²) in [5.41, 5.74) is 1.55. The first-order chi connectivity index (χ1) is 9.40. The summed E-state index contributed by atoms with van der Waals surface area (Å²) in [6.07, 6.45) is 0.130. The molecule has 20 heavy (non-hydrogen) atoms. The monoisotopic (exact) mass is 339 g/mol. The SMILES string of the molecule is Cc1c(C(=O)N(C)CCC(C)O)oc2ccc(Br)cc12. The maximum absolute atomic E-state index is 12.4. The summed E-state index contributed by atoms with van der Waals surface area (Å²) < 4.78 is 6.62. The van der Waals surface area contributed by atoms with Gasteiger partial charge in [0.25, 0.3) is 5.91 Å². The highest BCUT2D eigenvalue weighted by Gasteiger charge is 2.21. The summed E-state index contributed by atoms with van der Waals surface area (Å²) in [7, 11) is 1.72. The number of nitrogens with zero attached hydrogens (tertiary/aromatic N) is 1. The minimum absolute atomic E-state index is 0.157. The van der Waals surface area contributed by atoms with Gasteiger partial charge in [-0.25, -0.2) is 0 Å². The number of halogens is 1. The molecule has 0 saturated heterocycles. The first-order valence-corrected chi connectivity index (χ1v) is 7.31. The third-order valence-electron chi connectivity index (χ3n) is 3.32. The lowest BCUT2D eigenvalue weighted by Crippen LogP contribution is -2.29. The van der Waals surface area contributed by atoms with Crippen molar-refractivity contribution in [3.63, 3.8) is 0 Å². The van der Waals surface area contributed by atoms with Gasteiger partial charge in [-0.1, -0.05) is 15.9 Å². The average Bonchev–Trinajstić information content (AvgIpc) is 2.72. The number of carbonyl (C=O) groups excluding carboxylic acids is 1. The van der Waals surface area contributed by atoms with Gasteiger partial charge in [0, 0.05) is 29.0 Å². The molecule has 5 heteroatoms. The van der Waals surface area contributed by atoms with Crippen LogP contribution in [0.3, 0.4) is 0 Å². The van der Waals surface area contributed by atoms with Gasteiger partial charge in [-0.05, 0) is 38.5 Å². The number of carbonyl (C=O) groups is 1. The molecule has 0 aliphatic rings. The molecule has 0 aliphatic heterocycles. The number of hydrogen-bond acceptors (Lipinski definition) is 3. The fourth-order valence-corrected chi connectivity index (χ4v) is 2.41. The van der Waals surface area contributed by atoms with E-state index >= 15 is 0 Å². The van der Waals surface area contributed by atoms with Crippen LogP contribution in [-0.2, 0) is 0 Å². The molecule has 1 heterocycles. The van der Waals surface area contributed by atoms with E-state index in [1.807, 2.05) is 25.1 Å². The number of fused-ring (bicyclic) bond motifs is 1. The van der Waals surface area contributed by atoms with Gasteiger partial charge in [0.1, 0.15) is 5.58 Å². The van der Waals surface area contributed by atoms with E-state index in [9.17, 15) is 9.90 Å². The Morgan fingerprint density at radius 2 is 2.20 bits per heavy atom. The number of aliphatic hydroxyl groups is 1. The third kappa shape index (κ3) is 3.04. The Morgan fingerprint density at radius 1 is 1.50 bits per heavy atom. The van der Waals surface area contributed by atoms with Gasteiger partial charge < -0.3 is 14.4 Å². The van der Waals surface area contributed by atoms with E-state index in [0.29, 0.717) is 24.3 Å². The molecule has 0 fully saturated rings. The Balaban J connectivity index is 2.28. The van der Waals surface area contributed by atoms with Crippen LogP contribution in [0.15, 0.2) is 27.1 Å². The molecule has 1 aromatic heterocycles. The zero-order valence-electron chi connectivity index (χ0n) is 11.8. The lowest BCUT2D eigenvalue weighted by Gasteiger charge is -2.16. The maximum atomic E-state index is 12.4. The van der Waals surface area contributed by atoms with Crippen LogP contribution < -0.4 is 0 Å². The summed E-state index contributed by atoms with van der Waals surface area (Å²) in [6, 6.07) is 5.68. The van der Waals surface area contributed by atoms with Crippen molar-refractivity contribution >= 4 is 32.8 Å². The highest BCUT2D eigenvalue weighted by molar-refractivity contribution is 9.10. The first-order valence-electron chi connectivity index (χ1n) is 6.52. The highest BCUT2D eigenvalue weighted by atomic mass is 79.9. The molecule has 1 N–H and O–H groups in total. The van der Waals surface area contributed by atoms with Crippen LogP contribution in [0.2, 0.25) is 0 Å². The molecule has 2 aromatic rings. The van der Waals surface area contributed by atoms with Crippen LogP contribution in [0.25, 0.3) is 11.0 Å². The minimum Gasteiger partial charge on any atom is -0.451 e. The van der Waals surface area contributed by atoms with Crippen molar-refractivity contribution in [3.05, 3.63) is 34.0 Å². The van der Waals surface area contributed by atoms with Crippen LogP contribution in [0, 0.1) is 6.92 Å². The second-order valence-electron chi connectivity index (χ2n) is 5.06. The van der Waals surface area contributed by atoms with Crippen LogP contribution in [-0.4, -0.2) is 35.6 Å². The molecule has 4 nitrogen and oxygen atoms in total. The lowest BCUT2D eigenvalue weighted by molar-refractivity contribution is 0.0739. The number of furan rings is 1. The molecule has 0 radical (unpaired) electrons. The molecule has 1 aromatic carbocycles. The molecule has 1 amide bonds. The van der Waals surface area contributed by atoms with Crippen LogP contribution in [0.5, 0.6) is 0 Å². The van der Waals surface area contributed by atoms with Crippen molar-refractivity contribution in [3.8, 4) is 0 Å². The maximum Gasteiger partial charge on any atom is 0.289 e. The zero-order valence-corrected chi connectivity index (χ0v) is 13.4. The fourth-order valence-electron chi connectivity index (χ4n) is 2.05. The number of amides is 1. The molecular formula is C15H18BrNO3. The van der Waals surface area contributed by atoms with Crippen molar-refractivity contribution in [2.75, 3.05) is 13.6 Å². The molecule has 0 saturated carbocycles. The van der Waals surface area contributed by atoms with Crippen LogP contribution >= 0.6 is 15.9 Å². The van der Waals surface area contributed by atoms with E-state index in [0.717, 1.165) is 15.4 Å². The Morgan fingerprint density at radius 3 is 2.85 bits per heavy atom. The molecule has 0 aliphatic carbocycles. The van der Waals surface area contributed by atoms with Crippen LogP contribution in [0.4, 0.5) is 0 Å². The van der Waals surface area contributed by atoms with E-state index in [2.05, 4.69) is 15.9 Å². The number of benzene rings is 1. The molecule has 1 unspecified atom stereocenters. The van der Waals surface area contributed by atoms with Gasteiger partial charge in [-0.2, -0.15) is 0 Å². The predicted molar refractivity (Wildman–Crippen MR) is 81.9 cm³/mol. The van der Waals surface area contributed by atoms with Gasteiger partial charge in [-0.15, -0.1) is 0 Å². The van der Waals surface area contributed by atoms with Crippen molar-refractivity contribution in [1.29, 1.82) is 0 Å². The van der Waals surface area contributed by atoms with Crippen molar-refractivity contribution in [2.45, 2.75) is 26.4 Å².